The molecule has 1 saturated carbocycles. The predicted molar refractivity (Wildman–Crippen MR) is 70.7 cm³/mol. The van der Waals surface area contributed by atoms with Crippen LogP contribution in [0.1, 0.15) is 47.0 Å². The fourth-order valence-corrected chi connectivity index (χ4v) is 1.45. The third-order valence-corrected chi connectivity index (χ3v) is 2.63. The highest BCUT2D eigenvalue weighted by Crippen LogP contribution is 2.31. The smallest absolute Gasteiger partial charge is 0.352 e. The SMILES string of the molecule is CCOC(=O)C(CC(=O)C1CC1)=NCC(C)(C)C. The number of carbonyl (C=O) groups excluding carboxylic acids is 2. The average molecular weight is 253 g/mol. The van der Waals surface area contributed by atoms with E-state index in [0.717, 1.165) is 12.8 Å². The zero-order valence-corrected chi connectivity index (χ0v) is 11.8. The molecule has 4 nitrogen and oxygen atoms in total. The summed E-state index contributed by atoms with van der Waals surface area (Å²) < 4.78 is 4.95. The Balaban J connectivity index is 2.67. The lowest BCUT2D eigenvalue weighted by Crippen LogP contribution is -2.24. The van der Waals surface area contributed by atoms with Gasteiger partial charge >= 0.3 is 5.97 Å². The van der Waals surface area contributed by atoms with Gasteiger partial charge in [-0.3, -0.25) is 9.79 Å². The molecule has 0 heterocycles. The number of ether oxygens (including phenoxy) is 1. The fraction of sp³-hybridized carbons (Fsp3) is 0.786. The summed E-state index contributed by atoms with van der Waals surface area (Å²) >= 11 is 0. The summed E-state index contributed by atoms with van der Waals surface area (Å²) in [4.78, 5) is 27.8. The normalized spacial score (nSPS) is 16.6. The van der Waals surface area contributed by atoms with Gasteiger partial charge in [-0.05, 0) is 25.2 Å². The van der Waals surface area contributed by atoms with Crippen molar-refractivity contribution in [3.8, 4) is 0 Å². The molecule has 0 aliphatic heterocycles. The van der Waals surface area contributed by atoms with Crippen molar-refractivity contribution in [2.75, 3.05) is 13.2 Å². The molecule has 1 aliphatic rings. The van der Waals surface area contributed by atoms with Gasteiger partial charge in [-0.1, -0.05) is 20.8 Å². The zero-order chi connectivity index (χ0) is 13.8. The predicted octanol–water partition coefficient (Wildman–Crippen LogP) is 2.41. The van der Waals surface area contributed by atoms with Crippen LogP contribution in [-0.2, 0) is 14.3 Å². The van der Waals surface area contributed by atoms with Crippen molar-refractivity contribution in [2.24, 2.45) is 16.3 Å². The van der Waals surface area contributed by atoms with Crippen molar-refractivity contribution in [1.82, 2.24) is 0 Å². The van der Waals surface area contributed by atoms with Crippen molar-refractivity contribution in [3.05, 3.63) is 0 Å². The molecule has 0 radical (unpaired) electrons. The molecule has 0 amide bonds. The summed E-state index contributed by atoms with van der Waals surface area (Å²) in [6.45, 7) is 8.72. The number of esters is 1. The van der Waals surface area contributed by atoms with Crippen LogP contribution in [0.25, 0.3) is 0 Å². The number of hydrogen-bond donors (Lipinski definition) is 0. The Bertz CT molecular complexity index is 349. The van der Waals surface area contributed by atoms with Crippen molar-refractivity contribution >= 4 is 17.5 Å². The van der Waals surface area contributed by atoms with Crippen LogP contribution in [0.5, 0.6) is 0 Å². The molecule has 18 heavy (non-hydrogen) atoms. The fourth-order valence-electron chi connectivity index (χ4n) is 1.45. The number of Topliss-reactive ketones (excluding diaryl/α,β-unsaturated/α-hetero) is 1. The summed E-state index contributed by atoms with van der Waals surface area (Å²) in [7, 11) is 0. The van der Waals surface area contributed by atoms with Gasteiger partial charge in [0.25, 0.3) is 0 Å². The van der Waals surface area contributed by atoms with Crippen LogP contribution in [0.3, 0.4) is 0 Å². The molecule has 0 aromatic heterocycles. The van der Waals surface area contributed by atoms with Gasteiger partial charge in [0.1, 0.15) is 11.5 Å². The third kappa shape index (κ3) is 5.43. The Morgan fingerprint density at radius 1 is 1.28 bits per heavy atom. The molecule has 0 N–H and O–H groups in total. The minimum Gasteiger partial charge on any atom is -0.462 e. The van der Waals surface area contributed by atoms with Crippen LogP contribution in [0, 0.1) is 11.3 Å². The largest absolute Gasteiger partial charge is 0.462 e. The van der Waals surface area contributed by atoms with Gasteiger partial charge in [-0.15, -0.1) is 0 Å². The quantitative estimate of drug-likeness (QED) is 0.539. The molecule has 0 saturated heterocycles. The van der Waals surface area contributed by atoms with E-state index in [2.05, 4.69) is 4.99 Å². The van der Waals surface area contributed by atoms with E-state index in [1.54, 1.807) is 6.92 Å². The second-order valence-electron chi connectivity index (χ2n) is 5.96. The Morgan fingerprint density at radius 2 is 1.89 bits per heavy atom. The average Bonchev–Trinajstić information content (AvgIpc) is 3.06. The second kappa shape index (κ2) is 6.12. The van der Waals surface area contributed by atoms with E-state index < -0.39 is 5.97 Å². The number of hydrogen-bond acceptors (Lipinski definition) is 4. The summed E-state index contributed by atoms with van der Waals surface area (Å²) in [5.74, 6) is -0.175. The molecule has 0 aromatic rings. The zero-order valence-electron chi connectivity index (χ0n) is 11.8. The highest BCUT2D eigenvalue weighted by Gasteiger charge is 2.31. The van der Waals surface area contributed by atoms with E-state index in [-0.39, 0.29) is 29.2 Å². The summed E-state index contributed by atoms with van der Waals surface area (Å²) in [5, 5.41) is 0. The van der Waals surface area contributed by atoms with E-state index in [0.29, 0.717) is 13.2 Å². The van der Waals surface area contributed by atoms with E-state index >= 15 is 0 Å². The van der Waals surface area contributed by atoms with Gasteiger partial charge in [-0.25, -0.2) is 4.79 Å². The molecule has 102 valence electrons. The summed E-state index contributed by atoms with van der Waals surface area (Å²) in [6.07, 6.45) is 2.03. The third-order valence-electron chi connectivity index (χ3n) is 2.63. The highest BCUT2D eigenvalue weighted by molar-refractivity contribution is 6.40. The highest BCUT2D eigenvalue weighted by atomic mass is 16.5. The van der Waals surface area contributed by atoms with Crippen LogP contribution >= 0.6 is 0 Å². The minimum absolute atomic E-state index is 0.000370. The molecular weight excluding hydrogens is 230 g/mol. The first-order valence-electron chi connectivity index (χ1n) is 6.56. The Labute approximate surface area is 109 Å². The number of rotatable bonds is 6. The first-order valence-corrected chi connectivity index (χ1v) is 6.56. The Morgan fingerprint density at radius 3 is 2.33 bits per heavy atom. The van der Waals surface area contributed by atoms with E-state index in [1.165, 1.54) is 0 Å². The standard InChI is InChI=1S/C14H23NO3/c1-5-18-13(17)11(15-9-14(2,3)4)8-12(16)10-6-7-10/h10H,5-9H2,1-4H3. The molecule has 1 fully saturated rings. The minimum atomic E-state index is -0.448. The molecule has 0 aromatic carbocycles. The molecule has 1 rings (SSSR count). The van der Waals surface area contributed by atoms with Gasteiger partial charge < -0.3 is 4.74 Å². The maximum atomic E-state index is 11.8. The van der Waals surface area contributed by atoms with Gasteiger partial charge in [0.15, 0.2) is 0 Å². The molecule has 0 spiro atoms. The number of ketones is 1. The summed E-state index contributed by atoms with van der Waals surface area (Å²) in [6, 6.07) is 0. The lowest BCUT2D eigenvalue weighted by Gasteiger charge is -2.15. The summed E-state index contributed by atoms with van der Waals surface area (Å²) in [5.41, 5.74) is 0.282. The van der Waals surface area contributed by atoms with Crippen LogP contribution in [0.15, 0.2) is 4.99 Å². The van der Waals surface area contributed by atoms with Gasteiger partial charge in [-0.2, -0.15) is 0 Å². The lowest BCUT2D eigenvalue weighted by atomic mass is 9.97. The lowest BCUT2D eigenvalue weighted by molar-refractivity contribution is -0.135. The number of carbonyl (C=O) groups is 2. The van der Waals surface area contributed by atoms with E-state index in [1.807, 2.05) is 20.8 Å². The monoisotopic (exact) mass is 253 g/mol. The van der Waals surface area contributed by atoms with Crippen LogP contribution in [0.4, 0.5) is 0 Å². The van der Waals surface area contributed by atoms with Crippen molar-refractivity contribution in [1.29, 1.82) is 0 Å². The van der Waals surface area contributed by atoms with Crippen molar-refractivity contribution < 1.29 is 14.3 Å². The van der Waals surface area contributed by atoms with Crippen molar-refractivity contribution in [3.63, 3.8) is 0 Å². The molecule has 1 aliphatic carbocycles. The van der Waals surface area contributed by atoms with Crippen LogP contribution in [-0.4, -0.2) is 30.6 Å². The molecule has 0 bridgehead atoms. The van der Waals surface area contributed by atoms with E-state index in [4.69, 9.17) is 4.74 Å². The van der Waals surface area contributed by atoms with Crippen LogP contribution < -0.4 is 0 Å². The molecule has 4 heteroatoms. The number of nitrogens with zero attached hydrogens (tertiary/aromatic N) is 1. The first kappa shape index (κ1) is 14.9. The van der Waals surface area contributed by atoms with Crippen molar-refractivity contribution in [2.45, 2.75) is 47.0 Å². The molecular formula is C14H23NO3. The maximum absolute atomic E-state index is 11.8. The molecule has 0 atom stereocenters. The second-order valence-corrected chi connectivity index (χ2v) is 5.96. The Kier molecular flexibility index (Phi) is 5.05. The van der Waals surface area contributed by atoms with E-state index in [9.17, 15) is 9.59 Å². The van der Waals surface area contributed by atoms with Gasteiger partial charge in [0, 0.05) is 12.5 Å². The van der Waals surface area contributed by atoms with Gasteiger partial charge in [0.2, 0.25) is 0 Å². The Hall–Kier alpha value is -1.19. The molecule has 0 unspecified atom stereocenters. The van der Waals surface area contributed by atoms with Gasteiger partial charge in [0.05, 0.1) is 13.0 Å². The topological polar surface area (TPSA) is 55.7 Å². The first-order chi connectivity index (χ1) is 8.33. The van der Waals surface area contributed by atoms with Crippen LogP contribution in [0.2, 0.25) is 0 Å². The number of aliphatic imine (C=N–C) groups is 1. The maximum Gasteiger partial charge on any atom is 0.352 e.